The summed E-state index contributed by atoms with van der Waals surface area (Å²) in [4.78, 5) is 11.2. The highest BCUT2D eigenvalue weighted by Gasteiger charge is 2.46. The lowest BCUT2D eigenvalue weighted by atomic mass is 10.1. The van der Waals surface area contributed by atoms with Crippen molar-refractivity contribution in [3.63, 3.8) is 0 Å². The number of carbonyl (C=O) groups excluding carboxylic acids is 1. The van der Waals surface area contributed by atoms with Crippen molar-refractivity contribution in [2.24, 2.45) is 0 Å². The molecule has 0 saturated carbocycles. The molecule has 0 spiro atoms. The Balaban J connectivity index is 1.73. The third-order valence-corrected chi connectivity index (χ3v) is 10.7. The quantitative estimate of drug-likeness (QED) is 0.214. The number of hydrogen-bond acceptors (Lipinski definition) is 3. The number of hydrogen-bond donors (Lipinski definition) is 1. The summed E-state index contributed by atoms with van der Waals surface area (Å²) in [6.07, 6.45) is 6.73. The van der Waals surface area contributed by atoms with Gasteiger partial charge in [-0.15, -0.1) is 0 Å². The Hall–Kier alpha value is -2.48. The first-order chi connectivity index (χ1) is 16.2. The molecule has 174 valence electrons. The van der Waals surface area contributed by atoms with Gasteiger partial charge in [0.2, 0.25) is 0 Å². The molecule has 3 aromatic carbocycles. The van der Waals surface area contributed by atoms with E-state index in [0.717, 1.165) is 44.7 Å². The second-order valence-corrected chi connectivity index (χ2v) is 12.1. The van der Waals surface area contributed by atoms with Crippen LogP contribution in [0.3, 0.4) is 0 Å². The van der Waals surface area contributed by atoms with E-state index in [1.165, 1.54) is 23.0 Å². The van der Waals surface area contributed by atoms with Crippen molar-refractivity contribution >= 4 is 29.1 Å². The first-order valence-electron chi connectivity index (χ1n) is 12.0. The van der Waals surface area contributed by atoms with Gasteiger partial charge < -0.3 is 9.84 Å². The Morgan fingerprint density at radius 2 is 1.15 bits per heavy atom. The molecule has 33 heavy (non-hydrogen) atoms. The molecule has 0 aliphatic rings. The molecule has 0 radical (unpaired) electrons. The van der Waals surface area contributed by atoms with E-state index in [2.05, 4.69) is 91.0 Å². The van der Waals surface area contributed by atoms with E-state index < -0.39 is 7.26 Å². The summed E-state index contributed by atoms with van der Waals surface area (Å²) in [6.45, 7) is 0. The van der Waals surface area contributed by atoms with Gasteiger partial charge in [-0.3, -0.25) is 4.79 Å². The summed E-state index contributed by atoms with van der Waals surface area (Å²) in [6, 6.07) is 32.2. The zero-order valence-corrected chi connectivity index (χ0v) is 20.5. The van der Waals surface area contributed by atoms with Gasteiger partial charge in [-0.2, -0.15) is 0 Å². The van der Waals surface area contributed by atoms with Gasteiger partial charge in [0.15, 0.2) is 0 Å². The molecule has 0 aliphatic heterocycles. The second-order valence-electron chi connectivity index (χ2n) is 8.54. The lowest BCUT2D eigenvalue weighted by Crippen LogP contribution is -2.37. The van der Waals surface area contributed by atoms with Gasteiger partial charge in [-0.05, 0) is 49.2 Å². The second kappa shape index (κ2) is 13.3. The fourth-order valence-electron chi connectivity index (χ4n) is 4.50. The van der Waals surface area contributed by atoms with E-state index >= 15 is 0 Å². The Kier molecular flexibility index (Phi) is 10.1. The summed E-state index contributed by atoms with van der Waals surface area (Å²) in [5, 5.41) is 15.2. The molecule has 3 nitrogen and oxygen atoms in total. The minimum atomic E-state index is -1.99. The van der Waals surface area contributed by atoms with Crippen molar-refractivity contribution in [3.8, 4) is 0 Å². The van der Waals surface area contributed by atoms with Crippen LogP contribution in [0.15, 0.2) is 91.0 Å². The number of esters is 1. The standard InChI is InChI=1S/C29H36O3P/c1-32-29(31)23-15-4-2-3-8-16-25(30)24-33(26-17-9-5-10-18-26,27-19-11-6-12-20-27)28-21-13-7-14-22-28/h5-7,9-14,17-22,25,30H,2-4,8,15-16,23-24H2,1H3/q+1/t25-/m1/s1. The van der Waals surface area contributed by atoms with Gasteiger partial charge in [0.1, 0.15) is 23.2 Å². The van der Waals surface area contributed by atoms with Crippen molar-refractivity contribution in [3.05, 3.63) is 91.0 Å². The maximum atomic E-state index is 11.2. The smallest absolute Gasteiger partial charge is 0.305 e. The first kappa shape index (κ1) is 25.1. The van der Waals surface area contributed by atoms with E-state index in [0.29, 0.717) is 6.42 Å². The molecular formula is C29H36O3P+. The molecule has 0 unspecified atom stereocenters. The highest BCUT2D eigenvalue weighted by atomic mass is 31.2. The number of aliphatic hydroxyl groups is 1. The molecule has 3 aromatic rings. The fourth-order valence-corrected chi connectivity index (χ4v) is 8.88. The molecule has 1 atom stereocenters. The SMILES string of the molecule is COC(=O)CCCCCCC[C@@H](O)C[P+](c1ccccc1)(c1ccccc1)c1ccccc1. The van der Waals surface area contributed by atoms with Crippen molar-refractivity contribution in [1.82, 2.24) is 0 Å². The topological polar surface area (TPSA) is 46.5 Å². The molecule has 0 heterocycles. The number of benzene rings is 3. The van der Waals surface area contributed by atoms with E-state index in [-0.39, 0.29) is 12.1 Å². The van der Waals surface area contributed by atoms with Crippen molar-refractivity contribution in [2.75, 3.05) is 13.3 Å². The molecular weight excluding hydrogens is 427 g/mol. The summed E-state index contributed by atoms with van der Waals surface area (Å²) >= 11 is 0. The van der Waals surface area contributed by atoms with E-state index in [9.17, 15) is 9.90 Å². The normalized spacial score (nSPS) is 12.3. The number of rotatable bonds is 13. The number of aliphatic hydroxyl groups excluding tert-OH is 1. The van der Waals surface area contributed by atoms with Gasteiger partial charge in [0.25, 0.3) is 0 Å². The molecule has 0 fully saturated rings. The van der Waals surface area contributed by atoms with Crippen LogP contribution in [0.25, 0.3) is 0 Å². The Labute approximate surface area is 199 Å². The third-order valence-electron chi connectivity index (χ3n) is 6.22. The van der Waals surface area contributed by atoms with E-state index in [4.69, 9.17) is 4.74 Å². The fraction of sp³-hybridized carbons (Fsp3) is 0.345. The highest BCUT2D eigenvalue weighted by molar-refractivity contribution is 7.95. The summed E-state index contributed by atoms with van der Waals surface area (Å²) in [5.74, 6) is -0.131. The molecule has 0 amide bonds. The van der Waals surface area contributed by atoms with Crippen LogP contribution < -0.4 is 15.9 Å². The zero-order valence-electron chi connectivity index (χ0n) is 19.6. The zero-order chi connectivity index (χ0) is 23.4. The van der Waals surface area contributed by atoms with Crippen LogP contribution >= 0.6 is 7.26 Å². The lowest BCUT2D eigenvalue weighted by Gasteiger charge is -2.29. The summed E-state index contributed by atoms with van der Waals surface area (Å²) < 4.78 is 4.70. The molecule has 0 saturated heterocycles. The maximum absolute atomic E-state index is 11.2. The Morgan fingerprint density at radius 1 is 0.727 bits per heavy atom. The van der Waals surface area contributed by atoms with Crippen LogP contribution in [0.2, 0.25) is 0 Å². The van der Waals surface area contributed by atoms with Crippen LogP contribution in [-0.2, 0) is 9.53 Å². The summed E-state index contributed by atoms with van der Waals surface area (Å²) in [5.41, 5.74) is 0. The number of unbranched alkanes of at least 4 members (excludes halogenated alkanes) is 4. The monoisotopic (exact) mass is 463 g/mol. The minimum absolute atomic E-state index is 0.131. The van der Waals surface area contributed by atoms with Crippen LogP contribution in [0.4, 0.5) is 0 Å². The molecule has 0 bridgehead atoms. The van der Waals surface area contributed by atoms with Crippen molar-refractivity contribution in [1.29, 1.82) is 0 Å². The van der Waals surface area contributed by atoms with Crippen LogP contribution in [-0.4, -0.2) is 30.5 Å². The first-order valence-corrected chi connectivity index (χ1v) is 13.9. The van der Waals surface area contributed by atoms with E-state index in [1.54, 1.807) is 0 Å². The van der Waals surface area contributed by atoms with Crippen molar-refractivity contribution in [2.45, 2.75) is 51.0 Å². The van der Waals surface area contributed by atoms with Gasteiger partial charge in [-0.1, -0.05) is 80.3 Å². The number of methoxy groups -OCH3 is 1. The Morgan fingerprint density at radius 3 is 1.61 bits per heavy atom. The van der Waals surface area contributed by atoms with Crippen molar-refractivity contribution < 1.29 is 14.6 Å². The molecule has 4 heteroatoms. The maximum Gasteiger partial charge on any atom is 0.305 e. The summed E-state index contributed by atoms with van der Waals surface area (Å²) in [7, 11) is -0.554. The molecule has 0 aliphatic carbocycles. The minimum Gasteiger partial charge on any atom is -0.469 e. The van der Waals surface area contributed by atoms with Crippen LogP contribution in [0.5, 0.6) is 0 Å². The van der Waals surface area contributed by atoms with Gasteiger partial charge in [-0.25, -0.2) is 0 Å². The van der Waals surface area contributed by atoms with Gasteiger partial charge >= 0.3 is 5.97 Å². The van der Waals surface area contributed by atoms with Crippen LogP contribution in [0.1, 0.15) is 44.9 Å². The predicted molar refractivity (Wildman–Crippen MR) is 140 cm³/mol. The Bertz CT molecular complexity index is 848. The van der Waals surface area contributed by atoms with Gasteiger partial charge in [0.05, 0.1) is 19.4 Å². The molecule has 1 N–H and O–H groups in total. The predicted octanol–water partition coefficient (Wildman–Crippen LogP) is 5.25. The largest absolute Gasteiger partial charge is 0.469 e. The average Bonchev–Trinajstić information content (AvgIpc) is 2.88. The molecule has 0 aromatic heterocycles. The van der Waals surface area contributed by atoms with E-state index in [1.807, 2.05) is 0 Å². The number of ether oxygens (including phenoxy) is 1. The number of carbonyl (C=O) groups is 1. The van der Waals surface area contributed by atoms with Gasteiger partial charge in [0, 0.05) is 6.42 Å². The molecule has 3 rings (SSSR count). The average molecular weight is 464 g/mol. The lowest BCUT2D eigenvalue weighted by molar-refractivity contribution is -0.140. The highest BCUT2D eigenvalue weighted by Crippen LogP contribution is 2.56. The van der Waals surface area contributed by atoms with Crippen LogP contribution in [0, 0.1) is 0 Å². The third kappa shape index (κ3) is 7.00.